The topological polar surface area (TPSA) is 79.8 Å². The fraction of sp³-hybridized carbons (Fsp3) is 0.0667. The molecule has 0 aliphatic carbocycles. The number of nitrogens with zero attached hydrogens (tertiary/aromatic N) is 4. The second-order valence-electron chi connectivity index (χ2n) is 4.11. The van der Waals surface area contributed by atoms with Crippen molar-refractivity contribution in [1.82, 2.24) is 9.78 Å². The van der Waals surface area contributed by atoms with Crippen molar-refractivity contribution in [1.29, 1.82) is 0 Å². The van der Waals surface area contributed by atoms with Gasteiger partial charge in [-0.3, -0.25) is 9.98 Å². The van der Waals surface area contributed by atoms with Gasteiger partial charge in [-0.1, -0.05) is 0 Å². The van der Waals surface area contributed by atoms with Gasteiger partial charge in [-0.05, 0) is 37.9 Å². The fourth-order valence-corrected chi connectivity index (χ4v) is 1.76. The molecule has 0 fully saturated rings. The van der Waals surface area contributed by atoms with Crippen molar-refractivity contribution < 1.29 is 9.90 Å². The van der Waals surface area contributed by atoms with Crippen LogP contribution in [-0.4, -0.2) is 33.8 Å². The molecule has 0 saturated heterocycles. The summed E-state index contributed by atoms with van der Waals surface area (Å²) < 4.78 is 1.64. The Kier molecular flexibility index (Phi) is 4.40. The zero-order valence-electron chi connectivity index (χ0n) is 11.5. The van der Waals surface area contributed by atoms with E-state index in [0.29, 0.717) is 5.70 Å². The minimum atomic E-state index is -0.956. The van der Waals surface area contributed by atoms with Crippen molar-refractivity contribution in [3.05, 3.63) is 54.0 Å². The van der Waals surface area contributed by atoms with Gasteiger partial charge in [0, 0.05) is 18.0 Å². The molecule has 1 aromatic heterocycles. The van der Waals surface area contributed by atoms with Crippen LogP contribution in [0, 0.1) is 0 Å². The third kappa shape index (κ3) is 3.30. The van der Waals surface area contributed by atoms with Crippen molar-refractivity contribution in [2.24, 2.45) is 9.98 Å². The van der Waals surface area contributed by atoms with Gasteiger partial charge in [0.05, 0.1) is 29.3 Å². The summed E-state index contributed by atoms with van der Waals surface area (Å²) in [6.07, 6.45) is 6.67. The third-order valence-corrected chi connectivity index (χ3v) is 2.74. The summed E-state index contributed by atoms with van der Waals surface area (Å²) >= 11 is 0. The molecule has 21 heavy (non-hydrogen) atoms. The first-order chi connectivity index (χ1) is 10.2. The first-order valence-corrected chi connectivity index (χ1v) is 6.19. The molecule has 0 unspecified atom stereocenters. The summed E-state index contributed by atoms with van der Waals surface area (Å²) in [5.74, 6) is -0.956. The Bertz CT molecular complexity index is 712. The normalized spacial score (nSPS) is 11.8. The van der Waals surface area contributed by atoms with E-state index >= 15 is 0 Å². The summed E-state index contributed by atoms with van der Waals surface area (Å²) in [6, 6.07) is 6.45. The van der Waals surface area contributed by atoms with E-state index in [4.69, 9.17) is 5.11 Å². The molecule has 1 N–H and O–H groups in total. The van der Waals surface area contributed by atoms with Crippen LogP contribution in [0.15, 0.2) is 52.8 Å². The van der Waals surface area contributed by atoms with E-state index in [2.05, 4.69) is 21.8 Å². The zero-order chi connectivity index (χ0) is 15.2. The van der Waals surface area contributed by atoms with Crippen LogP contribution in [-0.2, 0) is 0 Å². The second kappa shape index (κ2) is 6.42. The molecule has 0 saturated carbocycles. The summed E-state index contributed by atoms with van der Waals surface area (Å²) in [4.78, 5) is 18.7. The first-order valence-electron chi connectivity index (χ1n) is 6.19. The molecular weight excluding hydrogens is 268 g/mol. The summed E-state index contributed by atoms with van der Waals surface area (Å²) in [5.41, 5.74) is 2.44. The number of hydrogen-bond acceptors (Lipinski definition) is 4. The van der Waals surface area contributed by atoms with E-state index in [9.17, 15) is 4.79 Å². The van der Waals surface area contributed by atoms with Gasteiger partial charge >= 0.3 is 5.97 Å². The maximum absolute atomic E-state index is 10.8. The van der Waals surface area contributed by atoms with Gasteiger partial charge < -0.3 is 5.11 Å². The summed E-state index contributed by atoms with van der Waals surface area (Å²) in [5, 5.41) is 13.1. The number of hydrogen-bond donors (Lipinski definition) is 1. The van der Waals surface area contributed by atoms with Crippen LogP contribution >= 0.6 is 0 Å². The maximum atomic E-state index is 10.8. The molecule has 0 atom stereocenters. The number of carbonyl (C=O) groups is 1. The van der Waals surface area contributed by atoms with Crippen LogP contribution in [0.3, 0.4) is 0 Å². The van der Waals surface area contributed by atoms with Crippen molar-refractivity contribution >= 4 is 24.6 Å². The van der Waals surface area contributed by atoms with Crippen LogP contribution in [0.1, 0.15) is 22.8 Å². The van der Waals surface area contributed by atoms with Gasteiger partial charge in [0.1, 0.15) is 0 Å². The molecule has 0 aliphatic heterocycles. The molecule has 106 valence electrons. The Morgan fingerprint density at radius 1 is 1.33 bits per heavy atom. The third-order valence-electron chi connectivity index (χ3n) is 2.74. The highest BCUT2D eigenvalue weighted by Gasteiger charge is 2.06. The van der Waals surface area contributed by atoms with Crippen molar-refractivity contribution in [3.63, 3.8) is 0 Å². The predicted molar refractivity (Wildman–Crippen MR) is 82.2 cm³/mol. The van der Waals surface area contributed by atoms with E-state index in [1.807, 2.05) is 6.92 Å². The van der Waals surface area contributed by atoms with E-state index in [0.717, 1.165) is 11.3 Å². The number of carboxylic acid groups (broad SMARTS) is 1. The Morgan fingerprint density at radius 3 is 2.62 bits per heavy atom. The Morgan fingerprint density at radius 2 is 2.05 bits per heavy atom. The molecule has 0 amide bonds. The monoisotopic (exact) mass is 282 g/mol. The molecule has 0 aliphatic rings. The molecule has 1 heterocycles. The van der Waals surface area contributed by atoms with Gasteiger partial charge in [-0.15, -0.1) is 0 Å². The quantitative estimate of drug-likeness (QED) is 0.856. The van der Waals surface area contributed by atoms with E-state index in [1.54, 1.807) is 41.6 Å². The first kappa shape index (κ1) is 14.4. The highest BCUT2D eigenvalue weighted by atomic mass is 16.4. The summed E-state index contributed by atoms with van der Waals surface area (Å²) in [6.45, 7) is 5.23. The molecule has 0 bridgehead atoms. The van der Waals surface area contributed by atoms with Crippen LogP contribution in [0.2, 0.25) is 0 Å². The standard InChI is InChI=1S/C15H14N4O2/c1-3-17-14(9-16-2)12-8-18-19(10-12)13-6-4-11(5-7-13)15(20)21/h3-10H,2H2,1H3,(H,20,21)/b14-9-,17-3?. The Labute approximate surface area is 121 Å². The highest BCUT2D eigenvalue weighted by molar-refractivity contribution is 5.87. The fourth-order valence-electron chi connectivity index (χ4n) is 1.76. The number of benzene rings is 1. The van der Waals surface area contributed by atoms with Gasteiger partial charge in [0.25, 0.3) is 0 Å². The molecule has 2 aromatic rings. The smallest absolute Gasteiger partial charge is 0.335 e. The van der Waals surface area contributed by atoms with Crippen LogP contribution in [0.5, 0.6) is 0 Å². The molecule has 1 aromatic carbocycles. The van der Waals surface area contributed by atoms with E-state index < -0.39 is 5.97 Å². The average molecular weight is 282 g/mol. The van der Waals surface area contributed by atoms with E-state index in [1.165, 1.54) is 12.1 Å². The predicted octanol–water partition coefficient (Wildman–Crippen LogP) is 2.66. The minimum absolute atomic E-state index is 0.234. The van der Waals surface area contributed by atoms with Gasteiger partial charge in [0.2, 0.25) is 0 Å². The molecule has 0 radical (unpaired) electrons. The van der Waals surface area contributed by atoms with Crippen molar-refractivity contribution in [2.75, 3.05) is 0 Å². The number of aromatic carboxylic acids is 1. The lowest BCUT2D eigenvalue weighted by Crippen LogP contribution is -1.98. The molecule has 2 rings (SSSR count). The molecule has 6 nitrogen and oxygen atoms in total. The van der Waals surface area contributed by atoms with Gasteiger partial charge in [-0.2, -0.15) is 5.10 Å². The minimum Gasteiger partial charge on any atom is -0.478 e. The van der Waals surface area contributed by atoms with Crippen molar-refractivity contribution in [3.8, 4) is 5.69 Å². The van der Waals surface area contributed by atoms with Crippen LogP contribution in [0.25, 0.3) is 11.4 Å². The number of aliphatic imine (C=N–C) groups is 2. The Hall–Kier alpha value is -3.02. The lowest BCUT2D eigenvalue weighted by molar-refractivity contribution is 0.0697. The van der Waals surface area contributed by atoms with Gasteiger partial charge in [0.15, 0.2) is 0 Å². The average Bonchev–Trinajstić information content (AvgIpc) is 2.97. The van der Waals surface area contributed by atoms with E-state index in [-0.39, 0.29) is 5.56 Å². The number of carboxylic acids is 1. The van der Waals surface area contributed by atoms with Crippen LogP contribution < -0.4 is 0 Å². The zero-order valence-corrected chi connectivity index (χ0v) is 11.5. The molecular formula is C15H14N4O2. The summed E-state index contributed by atoms with van der Waals surface area (Å²) in [7, 11) is 0. The van der Waals surface area contributed by atoms with Gasteiger partial charge in [-0.25, -0.2) is 9.48 Å². The largest absolute Gasteiger partial charge is 0.478 e. The number of rotatable bonds is 5. The Balaban J connectivity index is 2.33. The SMILES string of the molecule is C=N/C=C(\N=CC)c1cnn(-c2ccc(C(=O)O)cc2)c1. The van der Waals surface area contributed by atoms with Crippen LogP contribution in [0.4, 0.5) is 0 Å². The number of aromatic nitrogens is 2. The highest BCUT2D eigenvalue weighted by Crippen LogP contribution is 2.17. The van der Waals surface area contributed by atoms with Crippen molar-refractivity contribution in [2.45, 2.75) is 6.92 Å². The second-order valence-corrected chi connectivity index (χ2v) is 4.11. The lowest BCUT2D eigenvalue weighted by Gasteiger charge is -2.01. The molecule has 6 heteroatoms. The molecule has 0 spiro atoms. The lowest BCUT2D eigenvalue weighted by atomic mass is 10.2. The maximum Gasteiger partial charge on any atom is 0.335 e.